The van der Waals surface area contributed by atoms with Crippen LogP contribution in [-0.2, 0) is 84.0 Å². The fourth-order valence-corrected chi connectivity index (χ4v) is 8.22. The van der Waals surface area contributed by atoms with Gasteiger partial charge in [0.25, 0.3) is 0 Å². The standard InChI is InChI=1S/2C27H23N3.2CH4O.2Ag.2NO3/c2*1-3-13-25-21(9-1)17-22-10-2-4-14-26(22)27(25)20-30(18-23-11-5-7-15-28-23)19-24-12-6-8-16-29-24;2*1-2;;;2*2-1(3)4/h2*1-17H,18-20H2;2*2H,1H3;;;;/q;;;;2*+1;2*-1. The van der Waals surface area contributed by atoms with Crippen LogP contribution in [0.2, 0.25) is 0 Å². The van der Waals surface area contributed by atoms with Gasteiger partial charge in [-0.3, -0.25) is 29.7 Å². The summed E-state index contributed by atoms with van der Waals surface area (Å²) in [4.78, 5) is 39.6. The van der Waals surface area contributed by atoms with Crippen molar-refractivity contribution < 1.29 is 65.1 Å². The molecule has 0 fully saturated rings. The van der Waals surface area contributed by atoms with Crippen molar-refractivity contribution in [2.75, 3.05) is 14.2 Å². The van der Waals surface area contributed by atoms with Crippen molar-refractivity contribution in [2.24, 2.45) is 0 Å². The van der Waals surface area contributed by atoms with Gasteiger partial charge < -0.3 is 40.9 Å². The number of hydrogen-bond donors (Lipinski definition) is 2. The number of pyridine rings is 4. The number of nitrogens with zero attached hydrogens (tertiary/aromatic N) is 8. The molecule has 74 heavy (non-hydrogen) atoms. The molecular weight excluding hydrogens is 1130 g/mol. The van der Waals surface area contributed by atoms with E-state index in [1.165, 1.54) is 54.2 Å². The second-order valence-corrected chi connectivity index (χ2v) is 15.6. The summed E-state index contributed by atoms with van der Waals surface area (Å²) in [6, 6.07) is 63.7. The number of benzene rings is 6. The summed E-state index contributed by atoms with van der Waals surface area (Å²) in [5.41, 5.74) is 6.98. The third kappa shape index (κ3) is 19.3. The van der Waals surface area contributed by atoms with Gasteiger partial charge in [0.15, 0.2) is 0 Å². The van der Waals surface area contributed by atoms with Gasteiger partial charge in [-0.25, -0.2) is 0 Å². The number of rotatable bonds is 12. The summed E-state index contributed by atoms with van der Waals surface area (Å²) >= 11 is 0. The molecular formula is C56H54Ag2N8O8. The van der Waals surface area contributed by atoms with Gasteiger partial charge in [0.1, 0.15) is 0 Å². The molecule has 0 aliphatic carbocycles. The van der Waals surface area contributed by atoms with Gasteiger partial charge in [0.05, 0.1) is 32.9 Å². The third-order valence-corrected chi connectivity index (χ3v) is 11.0. The first-order valence-electron chi connectivity index (χ1n) is 22.6. The normalized spacial score (nSPS) is 10.0. The Morgan fingerprint density at radius 2 is 0.554 bits per heavy atom. The Hall–Kier alpha value is -7.32. The fourth-order valence-electron chi connectivity index (χ4n) is 8.22. The zero-order valence-corrected chi connectivity index (χ0v) is 43.4. The van der Waals surface area contributed by atoms with Crippen molar-refractivity contribution in [3.05, 3.63) is 271 Å². The Labute approximate surface area is 459 Å². The molecule has 0 aliphatic rings. The zero-order valence-electron chi connectivity index (χ0n) is 40.4. The molecule has 0 saturated carbocycles. The molecule has 10 aromatic rings. The maximum atomic E-state index is 8.25. The number of hydrogen-bond acceptors (Lipinski definition) is 14. The first-order chi connectivity index (χ1) is 35.2. The monoisotopic (exact) mass is 1180 g/mol. The maximum absolute atomic E-state index is 8.25. The molecule has 0 radical (unpaired) electrons. The molecule has 0 amide bonds. The largest absolute Gasteiger partial charge is 1.00 e. The number of fused-ring (bicyclic) bond motifs is 4. The van der Waals surface area contributed by atoms with Crippen LogP contribution in [0.15, 0.2) is 207 Å². The zero-order chi connectivity index (χ0) is 51.5. The van der Waals surface area contributed by atoms with E-state index >= 15 is 0 Å². The van der Waals surface area contributed by atoms with Crippen molar-refractivity contribution >= 4 is 43.1 Å². The minimum absolute atomic E-state index is 0. The Morgan fingerprint density at radius 3 is 0.757 bits per heavy atom. The van der Waals surface area contributed by atoms with Gasteiger partial charge in [-0.1, -0.05) is 121 Å². The fraction of sp³-hybridized carbons (Fsp3) is 0.143. The number of aliphatic hydroxyl groups excluding tert-OH is 2. The van der Waals surface area contributed by atoms with E-state index < -0.39 is 10.2 Å². The molecule has 0 saturated heterocycles. The van der Waals surface area contributed by atoms with E-state index in [2.05, 4.69) is 187 Å². The second kappa shape index (κ2) is 33.4. The van der Waals surface area contributed by atoms with E-state index in [-0.39, 0.29) is 44.8 Å². The first kappa shape index (κ1) is 61.0. The van der Waals surface area contributed by atoms with Crippen LogP contribution >= 0.6 is 0 Å². The van der Waals surface area contributed by atoms with E-state index in [4.69, 9.17) is 40.9 Å². The van der Waals surface area contributed by atoms with E-state index in [0.29, 0.717) is 0 Å². The van der Waals surface area contributed by atoms with Crippen molar-refractivity contribution in [3.63, 3.8) is 0 Å². The molecule has 0 unspecified atom stereocenters. The third-order valence-electron chi connectivity index (χ3n) is 11.0. The van der Waals surface area contributed by atoms with Crippen LogP contribution in [0.25, 0.3) is 43.1 Å². The van der Waals surface area contributed by atoms with Crippen LogP contribution in [0, 0.1) is 30.6 Å². The predicted octanol–water partition coefficient (Wildman–Crippen LogP) is 10.7. The predicted molar refractivity (Wildman–Crippen MR) is 283 cm³/mol. The molecule has 0 spiro atoms. The van der Waals surface area contributed by atoms with Gasteiger partial charge in [0, 0.05) is 78.3 Å². The van der Waals surface area contributed by atoms with Crippen LogP contribution in [0.1, 0.15) is 33.9 Å². The van der Waals surface area contributed by atoms with E-state index in [1.807, 2.05) is 49.1 Å². The summed E-state index contributed by atoms with van der Waals surface area (Å²) < 4.78 is 0. The minimum atomic E-state index is -1.75. The Balaban J connectivity index is 0.000000315. The Morgan fingerprint density at radius 1 is 0.351 bits per heavy atom. The number of aromatic nitrogens is 4. The summed E-state index contributed by atoms with van der Waals surface area (Å²) in [6.07, 6.45) is 7.45. The SMILES string of the molecule is CO.CO.O=[N+]([O-])[O-].O=[N+]([O-])[O-].[Ag+].[Ag+].c1ccc(CN(Cc2ccccn2)Cc2c3ccccc3cc3ccccc23)nc1.c1ccc(CN(Cc2ccccn2)Cc2c3ccccc3cc3ccccc23)nc1. The molecule has 6 aromatic carbocycles. The molecule has 0 aliphatic heterocycles. The van der Waals surface area contributed by atoms with Gasteiger partial charge in [-0.15, -0.1) is 0 Å². The van der Waals surface area contributed by atoms with Gasteiger partial charge in [-0.2, -0.15) is 0 Å². The Kier molecular flexibility index (Phi) is 27.5. The van der Waals surface area contributed by atoms with Gasteiger partial charge in [-0.05, 0) is 115 Å². The van der Waals surface area contributed by atoms with E-state index in [9.17, 15) is 0 Å². The van der Waals surface area contributed by atoms with Gasteiger partial charge >= 0.3 is 44.8 Å². The molecule has 16 nitrogen and oxygen atoms in total. The smallest absolute Gasteiger partial charge is 0.400 e. The van der Waals surface area contributed by atoms with Crippen LogP contribution in [-0.4, -0.2) is 64.3 Å². The van der Waals surface area contributed by atoms with Crippen molar-refractivity contribution in [1.82, 2.24) is 29.7 Å². The van der Waals surface area contributed by atoms with Crippen molar-refractivity contribution in [2.45, 2.75) is 39.3 Å². The molecule has 4 aromatic heterocycles. The molecule has 18 heteroatoms. The summed E-state index contributed by atoms with van der Waals surface area (Å²) in [5.74, 6) is 0. The van der Waals surface area contributed by atoms with Crippen molar-refractivity contribution in [1.29, 1.82) is 0 Å². The molecule has 0 bridgehead atoms. The molecule has 2 N–H and O–H groups in total. The van der Waals surface area contributed by atoms with Crippen molar-refractivity contribution in [3.8, 4) is 0 Å². The first-order valence-corrected chi connectivity index (χ1v) is 22.6. The van der Waals surface area contributed by atoms with Crippen LogP contribution in [0.3, 0.4) is 0 Å². The maximum Gasteiger partial charge on any atom is 1.00 e. The topological polar surface area (TPSA) is 231 Å². The molecule has 388 valence electrons. The van der Waals surface area contributed by atoms with Crippen LogP contribution in [0.4, 0.5) is 0 Å². The summed E-state index contributed by atoms with van der Waals surface area (Å²) in [5, 5.41) is 53.9. The molecule has 0 atom stereocenters. The van der Waals surface area contributed by atoms with Crippen LogP contribution in [0.5, 0.6) is 0 Å². The van der Waals surface area contributed by atoms with E-state index in [1.54, 1.807) is 0 Å². The number of aliphatic hydroxyl groups is 2. The molecule has 4 heterocycles. The van der Waals surface area contributed by atoms with Crippen LogP contribution < -0.4 is 0 Å². The van der Waals surface area contributed by atoms with E-state index in [0.717, 1.165) is 76.3 Å². The Bertz CT molecular complexity index is 2790. The molecule has 10 rings (SSSR count). The minimum Gasteiger partial charge on any atom is -0.400 e. The summed E-state index contributed by atoms with van der Waals surface area (Å²) in [6.45, 7) is 4.75. The summed E-state index contributed by atoms with van der Waals surface area (Å²) in [7, 11) is 2.00. The average Bonchev–Trinajstić information content (AvgIpc) is 3.41. The average molecular weight is 1180 g/mol. The van der Waals surface area contributed by atoms with Gasteiger partial charge in [0.2, 0.25) is 0 Å². The quantitative estimate of drug-likeness (QED) is 0.0502. The second-order valence-electron chi connectivity index (χ2n) is 15.6.